The van der Waals surface area contributed by atoms with Crippen LogP contribution in [-0.4, -0.2) is 37.9 Å². The topological polar surface area (TPSA) is 66.0 Å². The summed E-state index contributed by atoms with van der Waals surface area (Å²) in [5.74, 6) is 1.12. The highest BCUT2D eigenvalue weighted by Gasteiger charge is 2.07. The van der Waals surface area contributed by atoms with E-state index in [4.69, 9.17) is 4.74 Å². The van der Waals surface area contributed by atoms with E-state index in [1.807, 2.05) is 54.6 Å². The molecule has 0 aliphatic rings. The molecule has 8 heteroatoms. The molecule has 3 aromatic rings. The summed E-state index contributed by atoms with van der Waals surface area (Å²) in [5.41, 5.74) is 3.57. The molecule has 0 aromatic heterocycles. The monoisotopic (exact) mass is 576 g/mol. The SMILES string of the molecule is CN=C(NCc1ccc(OCc2cccc(F)c2)cc1)NCc1ccc(C(=O)N(C)C)cc1.I. The van der Waals surface area contributed by atoms with Crippen LogP contribution in [0.25, 0.3) is 0 Å². The fraction of sp³-hybridized carbons (Fsp3) is 0.231. The van der Waals surface area contributed by atoms with Crippen LogP contribution in [0.1, 0.15) is 27.0 Å². The molecule has 0 aliphatic heterocycles. The van der Waals surface area contributed by atoms with Gasteiger partial charge in [-0.3, -0.25) is 9.79 Å². The first-order valence-corrected chi connectivity index (χ1v) is 10.7. The van der Waals surface area contributed by atoms with Gasteiger partial charge in [-0.05, 0) is 53.1 Å². The Morgan fingerprint density at radius 1 is 0.912 bits per heavy atom. The average molecular weight is 576 g/mol. The predicted molar refractivity (Wildman–Crippen MR) is 144 cm³/mol. The number of benzene rings is 3. The van der Waals surface area contributed by atoms with Gasteiger partial charge in [-0.25, -0.2) is 4.39 Å². The van der Waals surface area contributed by atoms with E-state index in [1.54, 1.807) is 32.1 Å². The van der Waals surface area contributed by atoms with Gasteiger partial charge < -0.3 is 20.3 Å². The molecule has 0 fully saturated rings. The van der Waals surface area contributed by atoms with Crippen molar-refractivity contribution in [1.82, 2.24) is 15.5 Å². The third-order valence-electron chi connectivity index (χ3n) is 4.97. The van der Waals surface area contributed by atoms with Crippen molar-refractivity contribution in [2.24, 2.45) is 4.99 Å². The Labute approximate surface area is 217 Å². The number of guanidine groups is 1. The van der Waals surface area contributed by atoms with E-state index in [1.165, 1.54) is 12.1 Å². The lowest BCUT2D eigenvalue weighted by Crippen LogP contribution is -2.36. The number of hydrogen-bond acceptors (Lipinski definition) is 3. The van der Waals surface area contributed by atoms with E-state index in [9.17, 15) is 9.18 Å². The van der Waals surface area contributed by atoms with Gasteiger partial charge in [0, 0.05) is 39.8 Å². The van der Waals surface area contributed by atoms with E-state index in [0.717, 1.165) is 22.4 Å². The molecule has 0 unspecified atom stereocenters. The minimum absolute atomic E-state index is 0. The quantitative estimate of drug-likeness (QED) is 0.234. The summed E-state index contributed by atoms with van der Waals surface area (Å²) in [6.07, 6.45) is 0. The number of rotatable bonds is 8. The number of ether oxygens (including phenoxy) is 1. The molecule has 3 rings (SSSR count). The summed E-state index contributed by atoms with van der Waals surface area (Å²) in [6.45, 7) is 1.50. The van der Waals surface area contributed by atoms with Gasteiger partial charge in [0.05, 0.1) is 0 Å². The number of nitrogens with zero attached hydrogens (tertiary/aromatic N) is 2. The van der Waals surface area contributed by atoms with E-state index in [2.05, 4.69) is 15.6 Å². The van der Waals surface area contributed by atoms with Crippen molar-refractivity contribution in [2.75, 3.05) is 21.1 Å². The number of nitrogens with one attached hydrogen (secondary N) is 2. The third-order valence-corrected chi connectivity index (χ3v) is 4.97. The Hall–Kier alpha value is -3.14. The maximum atomic E-state index is 13.3. The molecule has 180 valence electrons. The van der Waals surface area contributed by atoms with Gasteiger partial charge in [0.2, 0.25) is 0 Å². The van der Waals surface area contributed by atoms with Gasteiger partial charge in [-0.1, -0.05) is 36.4 Å². The van der Waals surface area contributed by atoms with Gasteiger partial charge in [-0.2, -0.15) is 0 Å². The molecule has 2 N–H and O–H groups in total. The van der Waals surface area contributed by atoms with Crippen LogP contribution < -0.4 is 15.4 Å². The second-order valence-electron chi connectivity index (χ2n) is 7.74. The molecule has 0 radical (unpaired) electrons. The molecule has 0 atom stereocenters. The Bertz CT molecular complexity index is 1090. The van der Waals surface area contributed by atoms with Crippen molar-refractivity contribution in [2.45, 2.75) is 19.7 Å². The van der Waals surface area contributed by atoms with Crippen LogP contribution in [0.15, 0.2) is 77.8 Å². The average Bonchev–Trinajstić information content (AvgIpc) is 2.83. The lowest BCUT2D eigenvalue weighted by atomic mass is 10.1. The molecule has 6 nitrogen and oxygen atoms in total. The first-order valence-electron chi connectivity index (χ1n) is 10.7. The highest BCUT2D eigenvalue weighted by molar-refractivity contribution is 14.0. The Morgan fingerprint density at radius 2 is 1.50 bits per heavy atom. The molecule has 3 aromatic carbocycles. The van der Waals surface area contributed by atoms with Crippen LogP contribution in [0.4, 0.5) is 4.39 Å². The maximum absolute atomic E-state index is 13.3. The molecule has 0 aliphatic carbocycles. The number of carbonyl (C=O) groups excluding carboxylic acids is 1. The molecule has 0 heterocycles. The van der Waals surface area contributed by atoms with Gasteiger partial charge in [0.15, 0.2) is 5.96 Å². The predicted octanol–water partition coefficient (Wildman–Crippen LogP) is 4.59. The minimum Gasteiger partial charge on any atom is -0.489 e. The van der Waals surface area contributed by atoms with E-state index < -0.39 is 0 Å². The van der Waals surface area contributed by atoms with Crippen LogP contribution in [0.5, 0.6) is 5.75 Å². The molecular formula is C26H30FIN4O2. The maximum Gasteiger partial charge on any atom is 0.253 e. The summed E-state index contributed by atoms with van der Waals surface area (Å²) in [7, 11) is 5.19. The summed E-state index contributed by atoms with van der Waals surface area (Å²) < 4.78 is 19.0. The lowest BCUT2D eigenvalue weighted by molar-refractivity contribution is 0.0827. The lowest BCUT2D eigenvalue weighted by Gasteiger charge is -2.13. The standard InChI is InChI=1S/C26H29FN4O2.HI/c1-28-26(29-16-19-7-11-22(12-8-19)25(32)31(2)3)30-17-20-9-13-24(14-10-20)33-18-21-5-4-6-23(27)15-21;/h4-15H,16-18H2,1-3H3,(H2,28,29,30);1H. The Morgan fingerprint density at radius 3 is 2.03 bits per heavy atom. The van der Waals surface area contributed by atoms with Crippen LogP contribution in [-0.2, 0) is 19.7 Å². The van der Waals surface area contributed by atoms with Crippen molar-refractivity contribution in [3.05, 3.63) is 101 Å². The van der Waals surface area contributed by atoms with Gasteiger partial charge in [0.1, 0.15) is 18.2 Å². The van der Waals surface area contributed by atoms with Crippen molar-refractivity contribution in [3.8, 4) is 5.75 Å². The van der Waals surface area contributed by atoms with Crippen molar-refractivity contribution >= 4 is 35.8 Å². The van der Waals surface area contributed by atoms with Gasteiger partial charge in [-0.15, -0.1) is 24.0 Å². The zero-order valence-corrected chi connectivity index (χ0v) is 21.9. The largest absolute Gasteiger partial charge is 0.489 e. The first kappa shape index (κ1) is 27.1. The summed E-state index contributed by atoms with van der Waals surface area (Å²) >= 11 is 0. The molecular weight excluding hydrogens is 546 g/mol. The minimum atomic E-state index is -0.268. The summed E-state index contributed by atoms with van der Waals surface area (Å²) in [4.78, 5) is 17.8. The summed E-state index contributed by atoms with van der Waals surface area (Å²) in [6, 6.07) is 21.6. The van der Waals surface area contributed by atoms with Crippen molar-refractivity contribution in [3.63, 3.8) is 0 Å². The number of carbonyl (C=O) groups is 1. The van der Waals surface area contributed by atoms with E-state index in [-0.39, 0.29) is 35.7 Å². The van der Waals surface area contributed by atoms with Crippen LogP contribution >= 0.6 is 24.0 Å². The Balaban J connectivity index is 0.00000408. The normalized spacial score (nSPS) is 10.8. The number of amides is 1. The number of halogens is 2. The molecule has 34 heavy (non-hydrogen) atoms. The van der Waals surface area contributed by atoms with Crippen molar-refractivity contribution in [1.29, 1.82) is 0 Å². The van der Waals surface area contributed by atoms with Crippen molar-refractivity contribution < 1.29 is 13.9 Å². The molecule has 0 saturated heterocycles. The van der Waals surface area contributed by atoms with Crippen LogP contribution in [0.2, 0.25) is 0 Å². The van der Waals surface area contributed by atoms with Gasteiger partial charge >= 0.3 is 0 Å². The smallest absolute Gasteiger partial charge is 0.253 e. The third kappa shape index (κ3) is 8.33. The van der Waals surface area contributed by atoms with E-state index in [0.29, 0.717) is 31.2 Å². The molecule has 0 spiro atoms. The van der Waals surface area contributed by atoms with Crippen LogP contribution in [0.3, 0.4) is 0 Å². The number of hydrogen-bond donors (Lipinski definition) is 2. The van der Waals surface area contributed by atoms with Crippen LogP contribution in [0, 0.1) is 5.82 Å². The second kappa shape index (κ2) is 13.5. The first-order chi connectivity index (χ1) is 15.9. The second-order valence-corrected chi connectivity index (χ2v) is 7.74. The highest BCUT2D eigenvalue weighted by Crippen LogP contribution is 2.15. The molecule has 0 bridgehead atoms. The molecule has 0 saturated carbocycles. The zero-order valence-electron chi connectivity index (χ0n) is 19.5. The highest BCUT2D eigenvalue weighted by atomic mass is 127. The molecule has 1 amide bonds. The fourth-order valence-corrected chi connectivity index (χ4v) is 3.11. The zero-order chi connectivity index (χ0) is 23.6. The summed E-state index contributed by atoms with van der Waals surface area (Å²) in [5, 5.41) is 6.55. The number of aliphatic imine (C=N–C) groups is 1. The Kier molecular flexibility index (Phi) is 10.8. The van der Waals surface area contributed by atoms with E-state index >= 15 is 0 Å². The fourth-order valence-electron chi connectivity index (χ4n) is 3.11. The van der Waals surface area contributed by atoms with Gasteiger partial charge in [0.25, 0.3) is 5.91 Å².